The Morgan fingerprint density at radius 2 is 2.20 bits per heavy atom. The van der Waals surface area contributed by atoms with Gasteiger partial charge in [-0.1, -0.05) is 0 Å². The number of aryl methyl sites for hydroxylation is 1. The van der Waals surface area contributed by atoms with Crippen molar-refractivity contribution in [3.63, 3.8) is 0 Å². The first-order chi connectivity index (χ1) is 9.43. The highest BCUT2D eigenvalue weighted by Gasteiger charge is 2.11. The van der Waals surface area contributed by atoms with Crippen LogP contribution in [-0.2, 0) is 0 Å². The Bertz CT molecular complexity index is 509. The van der Waals surface area contributed by atoms with Gasteiger partial charge in [-0.05, 0) is 32.4 Å². The second-order valence-corrected chi connectivity index (χ2v) is 4.85. The molecular formula is C14H19N3O3. The molecule has 0 heterocycles. The monoisotopic (exact) mass is 277 g/mol. The van der Waals surface area contributed by atoms with Crippen LogP contribution in [0.3, 0.4) is 0 Å². The second kappa shape index (κ2) is 7.46. The Balaban J connectivity index is 2.54. The van der Waals surface area contributed by atoms with Crippen LogP contribution in [-0.4, -0.2) is 23.6 Å². The van der Waals surface area contributed by atoms with Crippen LogP contribution in [0.5, 0.6) is 5.75 Å². The van der Waals surface area contributed by atoms with Gasteiger partial charge in [0.05, 0.1) is 23.6 Å². The maximum absolute atomic E-state index is 10.6. The molecule has 20 heavy (non-hydrogen) atoms. The topological polar surface area (TPSA) is 88.2 Å². The first kappa shape index (κ1) is 15.9. The van der Waals surface area contributed by atoms with Crippen molar-refractivity contribution in [3.05, 3.63) is 33.9 Å². The van der Waals surface area contributed by atoms with E-state index in [4.69, 9.17) is 10.00 Å². The molecule has 1 rings (SSSR count). The van der Waals surface area contributed by atoms with Gasteiger partial charge in [-0.3, -0.25) is 15.4 Å². The summed E-state index contributed by atoms with van der Waals surface area (Å²) in [5.41, 5.74) is 0.760. The summed E-state index contributed by atoms with van der Waals surface area (Å²) in [6.45, 7) is 6.10. The van der Waals surface area contributed by atoms with E-state index < -0.39 is 4.92 Å². The Kier molecular flexibility index (Phi) is 5.94. The molecule has 1 N–H and O–H groups in total. The highest BCUT2D eigenvalue weighted by atomic mass is 16.6. The van der Waals surface area contributed by atoms with Crippen LogP contribution in [0.15, 0.2) is 18.2 Å². The highest BCUT2D eigenvalue weighted by molar-refractivity contribution is 5.42. The van der Waals surface area contributed by atoms with Crippen molar-refractivity contribution < 1.29 is 9.66 Å². The molecule has 0 spiro atoms. The smallest absolute Gasteiger partial charge is 0.269 e. The van der Waals surface area contributed by atoms with Gasteiger partial charge in [-0.15, -0.1) is 0 Å². The minimum absolute atomic E-state index is 0.0474. The average molecular weight is 277 g/mol. The number of nitrogens with zero attached hydrogens (tertiary/aromatic N) is 2. The molecule has 0 radical (unpaired) electrons. The molecule has 0 aliphatic carbocycles. The lowest BCUT2D eigenvalue weighted by molar-refractivity contribution is -0.384. The molecule has 0 aliphatic rings. The number of non-ortho nitro benzene ring substituents is 1. The molecular weight excluding hydrogens is 258 g/mol. The van der Waals surface area contributed by atoms with E-state index in [1.807, 2.05) is 13.8 Å². The molecule has 6 heteroatoms. The number of nitro groups is 1. The van der Waals surface area contributed by atoms with Crippen LogP contribution in [0.25, 0.3) is 0 Å². The third-order valence-corrected chi connectivity index (χ3v) is 2.72. The highest BCUT2D eigenvalue weighted by Crippen LogP contribution is 2.23. The van der Waals surface area contributed by atoms with E-state index in [-0.39, 0.29) is 17.8 Å². The van der Waals surface area contributed by atoms with E-state index in [1.54, 1.807) is 13.0 Å². The van der Waals surface area contributed by atoms with Crippen molar-refractivity contribution >= 4 is 5.69 Å². The number of rotatable bonds is 7. The van der Waals surface area contributed by atoms with E-state index in [0.29, 0.717) is 24.3 Å². The molecule has 0 amide bonds. The van der Waals surface area contributed by atoms with Crippen molar-refractivity contribution in [1.82, 2.24) is 5.32 Å². The standard InChI is InChI=1S/C14H19N3O3/c1-10(2)16-12(9-15)6-7-20-14-5-4-13(17(18)19)8-11(14)3/h4-5,8,10,12,16H,6-7H2,1-3H3. The first-order valence-electron chi connectivity index (χ1n) is 6.47. The molecule has 6 nitrogen and oxygen atoms in total. The van der Waals surface area contributed by atoms with E-state index in [0.717, 1.165) is 0 Å². The number of ether oxygens (including phenoxy) is 1. The van der Waals surface area contributed by atoms with Crippen molar-refractivity contribution in [1.29, 1.82) is 5.26 Å². The fraction of sp³-hybridized carbons (Fsp3) is 0.500. The normalized spacial score (nSPS) is 11.9. The lowest BCUT2D eigenvalue weighted by Crippen LogP contribution is -2.34. The summed E-state index contributed by atoms with van der Waals surface area (Å²) in [6.07, 6.45) is 0.561. The van der Waals surface area contributed by atoms with Crippen LogP contribution in [0, 0.1) is 28.4 Å². The molecule has 108 valence electrons. The summed E-state index contributed by atoms with van der Waals surface area (Å²) in [5, 5.41) is 22.7. The number of nitrogens with one attached hydrogen (secondary N) is 1. The van der Waals surface area contributed by atoms with Gasteiger partial charge in [-0.2, -0.15) is 5.26 Å². The van der Waals surface area contributed by atoms with Gasteiger partial charge in [0, 0.05) is 24.6 Å². The lowest BCUT2D eigenvalue weighted by Gasteiger charge is -2.15. The number of nitro benzene ring substituents is 1. The number of hydrogen-bond acceptors (Lipinski definition) is 5. The van der Waals surface area contributed by atoms with Crippen molar-refractivity contribution in [3.8, 4) is 11.8 Å². The summed E-state index contributed by atoms with van der Waals surface area (Å²) in [5.74, 6) is 0.608. The second-order valence-electron chi connectivity index (χ2n) is 4.85. The van der Waals surface area contributed by atoms with E-state index in [1.165, 1.54) is 12.1 Å². The largest absolute Gasteiger partial charge is 0.493 e. The molecule has 0 saturated carbocycles. The fourth-order valence-corrected chi connectivity index (χ4v) is 1.78. The zero-order valence-electron chi connectivity index (χ0n) is 11.9. The molecule has 0 bridgehead atoms. The molecule has 1 aromatic rings. The fourth-order valence-electron chi connectivity index (χ4n) is 1.78. The molecule has 1 unspecified atom stereocenters. The van der Waals surface area contributed by atoms with E-state index in [2.05, 4.69) is 11.4 Å². The van der Waals surface area contributed by atoms with Gasteiger partial charge < -0.3 is 4.74 Å². The van der Waals surface area contributed by atoms with Crippen molar-refractivity contribution in [2.75, 3.05) is 6.61 Å². The van der Waals surface area contributed by atoms with Gasteiger partial charge in [0.25, 0.3) is 5.69 Å². The molecule has 1 atom stereocenters. The summed E-state index contributed by atoms with van der Waals surface area (Å²) in [7, 11) is 0. The van der Waals surface area contributed by atoms with Gasteiger partial charge >= 0.3 is 0 Å². The van der Waals surface area contributed by atoms with Gasteiger partial charge in [0.15, 0.2) is 0 Å². The summed E-state index contributed by atoms with van der Waals surface area (Å²) in [6, 6.07) is 6.64. The van der Waals surface area contributed by atoms with E-state index in [9.17, 15) is 10.1 Å². The summed E-state index contributed by atoms with van der Waals surface area (Å²) < 4.78 is 5.57. The quantitative estimate of drug-likeness (QED) is 0.611. The number of nitriles is 1. The van der Waals surface area contributed by atoms with Gasteiger partial charge in [-0.25, -0.2) is 0 Å². The maximum atomic E-state index is 10.6. The van der Waals surface area contributed by atoms with E-state index >= 15 is 0 Å². The molecule has 0 fully saturated rings. The zero-order valence-corrected chi connectivity index (χ0v) is 11.9. The third-order valence-electron chi connectivity index (χ3n) is 2.72. The Labute approximate surface area is 118 Å². The summed E-state index contributed by atoms with van der Waals surface area (Å²) in [4.78, 5) is 10.2. The molecule has 1 aromatic carbocycles. The summed E-state index contributed by atoms with van der Waals surface area (Å²) >= 11 is 0. The SMILES string of the molecule is Cc1cc([N+](=O)[O-])ccc1OCCC(C#N)NC(C)C. The van der Waals surface area contributed by atoms with Crippen LogP contribution >= 0.6 is 0 Å². The molecule has 0 aromatic heterocycles. The maximum Gasteiger partial charge on any atom is 0.269 e. The minimum atomic E-state index is -0.435. The van der Waals surface area contributed by atoms with Crippen LogP contribution in [0.1, 0.15) is 25.8 Å². The van der Waals surface area contributed by atoms with Crippen molar-refractivity contribution in [2.24, 2.45) is 0 Å². The zero-order chi connectivity index (χ0) is 15.1. The number of hydrogen-bond donors (Lipinski definition) is 1. The van der Waals surface area contributed by atoms with Gasteiger partial charge in [0.1, 0.15) is 5.75 Å². The Morgan fingerprint density at radius 1 is 1.50 bits per heavy atom. The molecule has 0 aliphatic heterocycles. The van der Waals surface area contributed by atoms with Crippen LogP contribution in [0.4, 0.5) is 5.69 Å². The first-order valence-corrected chi connectivity index (χ1v) is 6.47. The predicted octanol–water partition coefficient (Wildman–Crippen LogP) is 2.56. The average Bonchev–Trinajstić information content (AvgIpc) is 2.38. The number of benzene rings is 1. The minimum Gasteiger partial charge on any atom is -0.493 e. The molecule has 0 saturated heterocycles. The van der Waals surface area contributed by atoms with Gasteiger partial charge in [0.2, 0.25) is 0 Å². The van der Waals surface area contributed by atoms with Crippen molar-refractivity contribution in [2.45, 2.75) is 39.3 Å². The Morgan fingerprint density at radius 3 is 2.70 bits per heavy atom. The third kappa shape index (κ3) is 4.86. The lowest BCUT2D eigenvalue weighted by atomic mass is 10.2. The Hall–Kier alpha value is -2.13. The van der Waals surface area contributed by atoms with Crippen LogP contribution < -0.4 is 10.1 Å². The van der Waals surface area contributed by atoms with Crippen LogP contribution in [0.2, 0.25) is 0 Å². The predicted molar refractivity (Wildman–Crippen MR) is 75.6 cm³/mol.